The number of hydrogen-bond acceptors (Lipinski definition) is 4. The van der Waals surface area contributed by atoms with Crippen molar-refractivity contribution in [3.8, 4) is 5.88 Å². The van der Waals surface area contributed by atoms with Crippen LogP contribution in [0.4, 0.5) is 0 Å². The number of methoxy groups -OCH3 is 1. The number of nitrogens with zero attached hydrogens (tertiary/aromatic N) is 1. The minimum Gasteiger partial charge on any atom is -0.478 e. The van der Waals surface area contributed by atoms with Crippen LogP contribution in [0.25, 0.3) is 0 Å². The van der Waals surface area contributed by atoms with Crippen LogP contribution >= 0.6 is 11.6 Å². The van der Waals surface area contributed by atoms with Crippen LogP contribution in [-0.2, 0) is 4.74 Å². The fourth-order valence-corrected chi connectivity index (χ4v) is 1.25. The number of carboxylic acid groups (broad SMARTS) is 1. The highest BCUT2D eigenvalue weighted by atomic mass is 35.5. The molecular formula is C10H12ClNO4. The normalized spacial score (nSPS) is 10.1. The largest absolute Gasteiger partial charge is 0.478 e. The number of carbonyl (C=O) groups is 1. The fraction of sp³-hybridized carbons (Fsp3) is 0.400. The smallest absolute Gasteiger partial charge is 0.335 e. The van der Waals surface area contributed by atoms with Crippen LogP contribution in [0.15, 0.2) is 12.1 Å². The molecule has 88 valence electrons. The quantitative estimate of drug-likeness (QED) is 0.612. The van der Waals surface area contributed by atoms with Crippen LogP contribution in [-0.4, -0.2) is 36.4 Å². The average molecular weight is 246 g/mol. The highest BCUT2D eigenvalue weighted by Gasteiger charge is 2.08. The molecule has 1 rings (SSSR count). The predicted octanol–water partition coefficient (Wildman–Crippen LogP) is 1.85. The van der Waals surface area contributed by atoms with Gasteiger partial charge in [-0.1, -0.05) is 11.6 Å². The monoisotopic (exact) mass is 245 g/mol. The van der Waals surface area contributed by atoms with Crippen LogP contribution in [0.1, 0.15) is 16.8 Å². The number of aromatic carboxylic acids is 1. The third-order valence-electron chi connectivity index (χ3n) is 1.76. The zero-order chi connectivity index (χ0) is 12.0. The molecule has 0 unspecified atom stereocenters. The van der Waals surface area contributed by atoms with E-state index in [1.807, 2.05) is 0 Å². The summed E-state index contributed by atoms with van der Waals surface area (Å²) in [6.45, 7) is 0.979. The molecule has 0 amide bonds. The molecular weight excluding hydrogens is 234 g/mol. The molecule has 0 radical (unpaired) electrons. The Labute approximate surface area is 98.0 Å². The van der Waals surface area contributed by atoms with Gasteiger partial charge in [0.25, 0.3) is 0 Å². The van der Waals surface area contributed by atoms with Crippen LogP contribution < -0.4 is 4.74 Å². The van der Waals surface area contributed by atoms with E-state index in [0.29, 0.717) is 19.6 Å². The SMILES string of the molecule is COCCCOc1cc(C(=O)O)cc(Cl)n1. The van der Waals surface area contributed by atoms with Gasteiger partial charge in [-0.2, -0.15) is 0 Å². The molecule has 0 aliphatic rings. The van der Waals surface area contributed by atoms with Gasteiger partial charge in [-0.25, -0.2) is 9.78 Å². The lowest BCUT2D eigenvalue weighted by Crippen LogP contribution is -2.04. The molecule has 1 aromatic rings. The first-order valence-electron chi connectivity index (χ1n) is 4.66. The van der Waals surface area contributed by atoms with E-state index >= 15 is 0 Å². The molecule has 6 heteroatoms. The molecule has 5 nitrogen and oxygen atoms in total. The second-order valence-corrected chi connectivity index (χ2v) is 3.40. The number of halogens is 1. The van der Waals surface area contributed by atoms with Gasteiger partial charge in [0.15, 0.2) is 0 Å². The zero-order valence-electron chi connectivity index (χ0n) is 8.77. The van der Waals surface area contributed by atoms with Gasteiger partial charge in [-0.05, 0) is 6.07 Å². The van der Waals surface area contributed by atoms with Gasteiger partial charge in [-0.15, -0.1) is 0 Å². The lowest BCUT2D eigenvalue weighted by Gasteiger charge is -2.05. The molecule has 0 saturated carbocycles. The summed E-state index contributed by atoms with van der Waals surface area (Å²) in [6, 6.07) is 2.60. The minimum absolute atomic E-state index is 0.0572. The molecule has 0 bridgehead atoms. The van der Waals surface area contributed by atoms with Crippen molar-refractivity contribution in [1.29, 1.82) is 0 Å². The summed E-state index contributed by atoms with van der Waals surface area (Å²) < 4.78 is 10.1. The maximum Gasteiger partial charge on any atom is 0.335 e. The average Bonchev–Trinajstić information content (AvgIpc) is 2.23. The summed E-state index contributed by atoms with van der Waals surface area (Å²) in [5, 5.41) is 8.88. The first kappa shape index (κ1) is 12.7. The maximum atomic E-state index is 10.7. The Morgan fingerprint density at radius 1 is 1.50 bits per heavy atom. The second kappa shape index (κ2) is 6.30. The van der Waals surface area contributed by atoms with Crippen LogP contribution in [0.5, 0.6) is 5.88 Å². The summed E-state index contributed by atoms with van der Waals surface area (Å²) in [5.41, 5.74) is 0.0572. The van der Waals surface area contributed by atoms with E-state index in [0.717, 1.165) is 0 Å². The Bertz CT molecular complexity index is 370. The van der Waals surface area contributed by atoms with E-state index in [1.165, 1.54) is 12.1 Å². The van der Waals surface area contributed by atoms with E-state index in [2.05, 4.69) is 4.98 Å². The number of rotatable bonds is 6. The summed E-state index contributed by atoms with van der Waals surface area (Å²) in [6.07, 6.45) is 0.701. The van der Waals surface area contributed by atoms with Crippen LogP contribution in [0.2, 0.25) is 5.15 Å². The Balaban J connectivity index is 2.62. The highest BCUT2D eigenvalue weighted by Crippen LogP contribution is 2.16. The molecule has 0 atom stereocenters. The number of pyridine rings is 1. The van der Waals surface area contributed by atoms with Gasteiger partial charge < -0.3 is 14.6 Å². The number of aromatic nitrogens is 1. The molecule has 0 aliphatic carbocycles. The van der Waals surface area contributed by atoms with Crippen LogP contribution in [0, 0.1) is 0 Å². The Hall–Kier alpha value is -1.33. The van der Waals surface area contributed by atoms with Crippen molar-refractivity contribution in [2.45, 2.75) is 6.42 Å². The Morgan fingerprint density at radius 2 is 2.25 bits per heavy atom. The minimum atomic E-state index is -1.06. The van der Waals surface area contributed by atoms with E-state index in [-0.39, 0.29) is 16.6 Å². The fourth-order valence-electron chi connectivity index (χ4n) is 1.05. The van der Waals surface area contributed by atoms with Gasteiger partial charge in [0.2, 0.25) is 5.88 Å². The summed E-state index contributed by atoms with van der Waals surface area (Å²) in [7, 11) is 1.60. The zero-order valence-corrected chi connectivity index (χ0v) is 9.53. The van der Waals surface area contributed by atoms with E-state index in [4.69, 9.17) is 26.2 Å². The standard InChI is InChI=1S/C10H12ClNO4/c1-15-3-2-4-16-9-6-7(10(13)14)5-8(11)12-9/h5-6H,2-4H2,1H3,(H,13,14). The van der Waals surface area contributed by atoms with Gasteiger partial charge in [0, 0.05) is 26.2 Å². The molecule has 16 heavy (non-hydrogen) atoms. The number of hydrogen-bond donors (Lipinski definition) is 1. The Kier molecular flexibility index (Phi) is 5.01. The lowest BCUT2D eigenvalue weighted by molar-refractivity contribution is 0.0696. The number of ether oxygens (including phenoxy) is 2. The first-order chi connectivity index (χ1) is 7.63. The van der Waals surface area contributed by atoms with Crippen molar-refractivity contribution >= 4 is 17.6 Å². The van der Waals surface area contributed by atoms with Crippen molar-refractivity contribution in [2.24, 2.45) is 0 Å². The molecule has 0 aromatic carbocycles. The van der Waals surface area contributed by atoms with Crippen LogP contribution in [0.3, 0.4) is 0 Å². The molecule has 0 spiro atoms. The lowest BCUT2D eigenvalue weighted by atomic mass is 10.3. The van der Waals surface area contributed by atoms with Crippen molar-refractivity contribution in [3.05, 3.63) is 22.8 Å². The van der Waals surface area contributed by atoms with E-state index in [1.54, 1.807) is 7.11 Å². The van der Waals surface area contributed by atoms with Gasteiger partial charge in [-0.3, -0.25) is 0 Å². The van der Waals surface area contributed by atoms with Crippen molar-refractivity contribution in [2.75, 3.05) is 20.3 Å². The third kappa shape index (κ3) is 4.04. The van der Waals surface area contributed by atoms with Gasteiger partial charge in [0.1, 0.15) is 5.15 Å². The van der Waals surface area contributed by atoms with Crippen molar-refractivity contribution < 1.29 is 19.4 Å². The molecule has 0 aliphatic heterocycles. The predicted molar refractivity (Wildman–Crippen MR) is 58.2 cm³/mol. The molecule has 1 heterocycles. The topological polar surface area (TPSA) is 68.7 Å². The third-order valence-corrected chi connectivity index (χ3v) is 1.95. The molecule has 0 saturated heterocycles. The highest BCUT2D eigenvalue weighted by molar-refractivity contribution is 6.29. The number of carboxylic acids is 1. The first-order valence-corrected chi connectivity index (χ1v) is 5.04. The van der Waals surface area contributed by atoms with E-state index in [9.17, 15) is 4.79 Å². The molecule has 1 N–H and O–H groups in total. The van der Waals surface area contributed by atoms with Gasteiger partial charge in [0.05, 0.1) is 12.2 Å². The summed E-state index contributed by atoms with van der Waals surface area (Å²) >= 11 is 5.66. The maximum absolute atomic E-state index is 10.7. The molecule has 0 fully saturated rings. The second-order valence-electron chi connectivity index (χ2n) is 3.02. The Morgan fingerprint density at radius 3 is 2.88 bits per heavy atom. The summed E-state index contributed by atoms with van der Waals surface area (Å²) in [5.74, 6) is -0.855. The van der Waals surface area contributed by atoms with Crippen molar-refractivity contribution in [3.63, 3.8) is 0 Å². The molecule has 1 aromatic heterocycles. The van der Waals surface area contributed by atoms with Crippen molar-refractivity contribution in [1.82, 2.24) is 4.98 Å². The van der Waals surface area contributed by atoms with Gasteiger partial charge >= 0.3 is 5.97 Å². The summed E-state index contributed by atoms with van der Waals surface area (Å²) in [4.78, 5) is 14.6. The van der Waals surface area contributed by atoms with E-state index < -0.39 is 5.97 Å².